The molecule has 0 atom stereocenters. The van der Waals surface area contributed by atoms with E-state index in [1.54, 1.807) is 4.68 Å². The molecule has 0 radical (unpaired) electrons. The molecule has 1 N–H and O–H groups in total. The zero-order chi connectivity index (χ0) is 17.0. The van der Waals surface area contributed by atoms with Crippen molar-refractivity contribution in [1.82, 2.24) is 15.1 Å². The Bertz CT molecular complexity index is 675. The Kier molecular flexibility index (Phi) is 5.08. The summed E-state index contributed by atoms with van der Waals surface area (Å²) in [7, 11) is 0. The van der Waals surface area contributed by atoms with Crippen molar-refractivity contribution in [2.45, 2.75) is 39.5 Å². The average Bonchev–Trinajstić information content (AvgIpc) is 2.80. The lowest BCUT2D eigenvalue weighted by molar-refractivity contribution is -0.137. The Hall–Kier alpha value is -2.31. The normalized spacial score (nSPS) is 11.5. The van der Waals surface area contributed by atoms with Crippen molar-refractivity contribution in [3.05, 3.63) is 52.8 Å². The molecule has 1 aromatic carbocycles. The maximum atomic E-state index is 12.5. The lowest BCUT2D eigenvalue weighted by Gasteiger charge is -2.09. The molecule has 0 spiro atoms. The van der Waals surface area contributed by atoms with Crippen LogP contribution in [0.3, 0.4) is 0 Å². The average molecular weight is 325 g/mol. The van der Waals surface area contributed by atoms with Crippen LogP contribution in [0.2, 0.25) is 0 Å². The van der Waals surface area contributed by atoms with Gasteiger partial charge in [-0.15, -0.1) is 0 Å². The largest absolute Gasteiger partial charge is 0.416 e. The van der Waals surface area contributed by atoms with Crippen molar-refractivity contribution in [3.63, 3.8) is 0 Å². The number of carbonyl (C=O) groups excluding carboxylic acids is 1. The number of aryl methyl sites for hydroxylation is 3. The van der Waals surface area contributed by atoms with Crippen LogP contribution in [0, 0.1) is 13.8 Å². The van der Waals surface area contributed by atoms with Crippen LogP contribution in [-0.4, -0.2) is 15.7 Å². The van der Waals surface area contributed by atoms with Crippen LogP contribution in [0.5, 0.6) is 0 Å². The number of benzene rings is 1. The third-order valence-corrected chi connectivity index (χ3v) is 3.42. The maximum absolute atomic E-state index is 12.5. The van der Waals surface area contributed by atoms with Crippen molar-refractivity contribution < 1.29 is 18.0 Å². The van der Waals surface area contributed by atoms with Crippen molar-refractivity contribution >= 4 is 5.91 Å². The third-order valence-electron chi connectivity index (χ3n) is 3.42. The molecule has 124 valence electrons. The monoisotopic (exact) mass is 325 g/mol. The molecule has 0 saturated heterocycles. The van der Waals surface area contributed by atoms with E-state index >= 15 is 0 Å². The van der Waals surface area contributed by atoms with Gasteiger partial charge in [0, 0.05) is 25.2 Å². The van der Waals surface area contributed by atoms with Gasteiger partial charge in [0.15, 0.2) is 0 Å². The lowest BCUT2D eigenvalue weighted by atomic mass is 10.1. The van der Waals surface area contributed by atoms with Gasteiger partial charge in [0.1, 0.15) is 0 Å². The van der Waals surface area contributed by atoms with E-state index in [1.165, 1.54) is 12.1 Å². The molecular weight excluding hydrogens is 307 g/mol. The van der Waals surface area contributed by atoms with E-state index in [0.717, 1.165) is 23.5 Å². The van der Waals surface area contributed by atoms with Gasteiger partial charge in [-0.05, 0) is 37.6 Å². The second-order valence-corrected chi connectivity index (χ2v) is 5.37. The molecule has 23 heavy (non-hydrogen) atoms. The number of hydrogen-bond acceptors (Lipinski definition) is 2. The Labute approximate surface area is 132 Å². The van der Waals surface area contributed by atoms with E-state index in [1.807, 2.05) is 19.9 Å². The molecule has 0 aliphatic heterocycles. The molecule has 1 heterocycles. The summed E-state index contributed by atoms with van der Waals surface area (Å²) in [5.74, 6) is -0.169. The van der Waals surface area contributed by atoms with Crippen molar-refractivity contribution in [3.8, 4) is 0 Å². The SMILES string of the molecule is Cc1cc(C)n(CCC(=O)NCc2ccc(C(F)(F)F)cc2)n1. The van der Waals surface area contributed by atoms with Crippen LogP contribution in [0.4, 0.5) is 13.2 Å². The van der Waals surface area contributed by atoms with Crippen LogP contribution in [0.25, 0.3) is 0 Å². The summed E-state index contributed by atoms with van der Waals surface area (Å²) >= 11 is 0. The van der Waals surface area contributed by atoms with Gasteiger partial charge in [0.25, 0.3) is 0 Å². The highest BCUT2D eigenvalue weighted by molar-refractivity contribution is 5.75. The highest BCUT2D eigenvalue weighted by Gasteiger charge is 2.29. The summed E-state index contributed by atoms with van der Waals surface area (Å²) in [5.41, 5.74) is 1.81. The number of alkyl halides is 3. The molecule has 0 aliphatic carbocycles. The molecule has 0 saturated carbocycles. The molecule has 1 amide bonds. The number of halogens is 3. The summed E-state index contributed by atoms with van der Waals surface area (Å²) in [6.07, 6.45) is -4.08. The number of amides is 1. The fraction of sp³-hybridized carbons (Fsp3) is 0.375. The number of nitrogens with one attached hydrogen (secondary N) is 1. The van der Waals surface area contributed by atoms with Crippen molar-refractivity contribution in [2.24, 2.45) is 0 Å². The summed E-state index contributed by atoms with van der Waals surface area (Å²) in [6.45, 7) is 4.47. The molecule has 0 bridgehead atoms. The van der Waals surface area contributed by atoms with Crippen LogP contribution in [0.15, 0.2) is 30.3 Å². The molecule has 0 aliphatic rings. The minimum absolute atomic E-state index is 0.169. The smallest absolute Gasteiger partial charge is 0.352 e. The molecule has 0 fully saturated rings. The fourth-order valence-electron chi connectivity index (χ4n) is 2.21. The second kappa shape index (κ2) is 6.85. The van der Waals surface area contributed by atoms with Gasteiger partial charge in [-0.25, -0.2) is 0 Å². The quantitative estimate of drug-likeness (QED) is 0.917. The summed E-state index contributed by atoms with van der Waals surface area (Å²) < 4.78 is 39.1. The summed E-state index contributed by atoms with van der Waals surface area (Å²) in [5, 5.41) is 6.96. The number of nitrogens with zero attached hydrogens (tertiary/aromatic N) is 2. The Morgan fingerprint density at radius 1 is 1.22 bits per heavy atom. The first kappa shape index (κ1) is 17.1. The standard InChI is InChI=1S/C16H18F3N3O/c1-11-9-12(2)22(21-11)8-7-15(23)20-10-13-3-5-14(6-4-13)16(17,18)19/h3-6,9H,7-8,10H2,1-2H3,(H,20,23). The van der Waals surface area contributed by atoms with Gasteiger partial charge < -0.3 is 5.32 Å². The Morgan fingerprint density at radius 3 is 2.39 bits per heavy atom. The van der Waals surface area contributed by atoms with Gasteiger partial charge in [0.05, 0.1) is 11.3 Å². The van der Waals surface area contributed by atoms with E-state index in [9.17, 15) is 18.0 Å². The summed E-state index contributed by atoms with van der Waals surface area (Å²) in [6, 6.07) is 6.68. The maximum Gasteiger partial charge on any atom is 0.416 e. The molecule has 7 heteroatoms. The minimum Gasteiger partial charge on any atom is -0.352 e. The van der Waals surface area contributed by atoms with E-state index in [0.29, 0.717) is 12.1 Å². The van der Waals surface area contributed by atoms with E-state index in [2.05, 4.69) is 10.4 Å². The van der Waals surface area contributed by atoms with Crippen molar-refractivity contribution in [2.75, 3.05) is 0 Å². The number of rotatable bonds is 5. The lowest BCUT2D eigenvalue weighted by Crippen LogP contribution is -2.24. The molecular formula is C16H18F3N3O. The number of carbonyl (C=O) groups is 1. The van der Waals surface area contributed by atoms with Gasteiger partial charge in [0.2, 0.25) is 5.91 Å². The van der Waals surface area contributed by atoms with E-state index in [-0.39, 0.29) is 18.9 Å². The fourth-order valence-corrected chi connectivity index (χ4v) is 2.21. The molecule has 2 aromatic rings. The van der Waals surface area contributed by atoms with E-state index in [4.69, 9.17) is 0 Å². The van der Waals surface area contributed by atoms with Crippen molar-refractivity contribution in [1.29, 1.82) is 0 Å². The number of aromatic nitrogens is 2. The van der Waals surface area contributed by atoms with Gasteiger partial charge >= 0.3 is 6.18 Å². The van der Waals surface area contributed by atoms with E-state index < -0.39 is 11.7 Å². The zero-order valence-electron chi connectivity index (χ0n) is 12.9. The minimum atomic E-state index is -4.35. The van der Waals surface area contributed by atoms with Crippen LogP contribution in [-0.2, 0) is 24.1 Å². The molecule has 2 rings (SSSR count). The van der Waals surface area contributed by atoms with Crippen LogP contribution < -0.4 is 5.32 Å². The molecule has 0 unspecified atom stereocenters. The Balaban J connectivity index is 1.81. The summed E-state index contributed by atoms with van der Waals surface area (Å²) in [4.78, 5) is 11.8. The highest BCUT2D eigenvalue weighted by atomic mass is 19.4. The zero-order valence-corrected chi connectivity index (χ0v) is 12.9. The molecule has 1 aromatic heterocycles. The van der Waals surface area contributed by atoms with Gasteiger partial charge in [-0.1, -0.05) is 12.1 Å². The first-order valence-electron chi connectivity index (χ1n) is 7.19. The first-order valence-corrected chi connectivity index (χ1v) is 7.19. The molecule has 4 nitrogen and oxygen atoms in total. The topological polar surface area (TPSA) is 46.9 Å². The predicted octanol–water partition coefficient (Wildman–Crippen LogP) is 3.23. The van der Waals surface area contributed by atoms with Gasteiger partial charge in [-0.2, -0.15) is 18.3 Å². The van der Waals surface area contributed by atoms with Gasteiger partial charge in [-0.3, -0.25) is 9.48 Å². The van der Waals surface area contributed by atoms with Crippen LogP contribution in [0.1, 0.15) is 28.9 Å². The Morgan fingerprint density at radius 2 is 1.87 bits per heavy atom. The predicted molar refractivity (Wildman–Crippen MR) is 79.6 cm³/mol. The second-order valence-electron chi connectivity index (χ2n) is 5.37. The highest BCUT2D eigenvalue weighted by Crippen LogP contribution is 2.29. The number of hydrogen-bond donors (Lipinski definition) is 1. The third kappa shape index (κ3) is 4.84. The first-order chi connectivity index (χ1) is 10.8. The van der Waals surface area contributed by atoms with Crippen LogP contribution >= 0.6 is 0 Å².